The maximum atomic E-state index is 11.1. The lowest BCUT2D eigenvalue weighted by atomic mass is 10.3. The Balaban J connectivity index is 3.24. The maximum absolute atomic E-state index is 11.1. The number of carbonyl (C=O) groups excluding carboxylic acids is 2. The van der Waals surface area contributed by atoms with Crippen molar-refractivity contribution in [1.29, 1.82) is 0 Å². The Morgan fingerprint density at radius 1 is 1.12 bits per heavy atom. The maximum Gasteiger partial charge on any atom is 0.229 e. The molecule has 0 aromatic carbocycles. The monoisotopic (exact) mass is 230 g/mol. The zero-order chi connectivity index (χ0) is 12.2. The van der Waals surface area contributed by atoms with Gasteiger partial charge in [-0.25, -0.2) is 0 Å². The molecule has 0 spiro atoms. The number of hydrogen-bond donors (Lipinski definition) is 2. The molecule has 5 heteroatoms. The van der Waals surface area contributed by atoms with Gasteiger partial charge in [-0.3, -0.25) is 9.59 Å². The molecule has 16 heavy (non-hydrogen) atoms. The average Bonchev–Trinajstić information content (AvgIpc) is 2.27. The SMILES string of the molecule is CCCCCOCCNC(=O)CC(=O)NC. The van der Waals surface area contributed by atoms with E-state index in [0.29, 0.717) is 13.2 Å². The van der Waals surface area contributed by atoms with Crippen LogP contribution in [0.2, 0.25) is 0 Å². The molecule has 94 valence electrons. The van der Waals surface area contributed by atoms with E-state index in [0.717, 1.165) is 13.0 Å². The van der Waals surface area contributed by atoms with Crippen LogP contribution < -0.4 is 10.6 Å². The number of amides is 2. The van der Waals surface area contributed by atoms with Gasteiger partial charge in [-0.1, -0.05) is 19.8 Å². The number of carbonyl (C=O) groups is 2. The van der Waals surface area contributed by atoms with Gasteiger partial charge in [0, 0.05) is 20.2 Å². The van der Waals surface area contributed by atoms with Gasteiger partial charge >= 0.3 is 0 Å². The Morgan fingerprint density at radius 2 is 1.88 bits per heavy atom. The summed E-state index contributed by atoms with van der Waals surface area (Å²) in [6.07, 6.45) is 3.28. The molecule has 0 saturated heterocycles. The fraction of sp³-hybridized carbons (Fsp3) is 0.818. The van der Waals surface area contributed by atoms with E-state index in [-0.39, 0.29) is 18.2 Å². The molecule has 2 N–H and O–H groups in total. The van der Waals surface area contributed by atoms with Crippen LogP contribution in [0.1, 0.15) is 32.6 Å². The van der Waals surface area contributed by atoms with Crippen molar-refractivity contribution in [3.63, 3.8) is 0 Å². The number of hydrogen-bond acceptors (Lipinski definition) is 3. The highest BCUT2D eigenvalue weighted by Gasteiger charge is 2.05. The molecule has 0 rings (SSSR count). The lowest BCUT2D eigenvalue weighted by Gasteiger charge is -2.05. The lowest BCUT2D eigenvalue weighted by molar-refractivity contribution is -0.129. The molecule has 0 aromatic rings. The molecule has 5 nitrogen and oxygen atoms in total. The summed E-state index contributed by atoms with van der Waals surface area (Å²) in [6, 6.07) is 0. The zero-order valence-electron chi connectivity index (χ0n) is 10.2. The first-order valence-corrected chi connectivity index (χ1v) is 5.75. The molecule has 0 radical (unpaired) electrons. The van der Waals surface area contributed by atoms with Crippen molar-refractivity contribution >= 4 is 11.8 Å². The van der Waals surface area contributed by atoms with E-state index < -0.39 is 0 Å². The second-order valence-electron chi connectivity index (χ2n) is 3.52. The average molecular weight is 230 g/mol. The summed E-state index contributed by atoms with van der Waals surface area (Å²) in [5.41, 5.74) is 0. The van der Waals surface area contributed by atoms with Crippen LogP contribution in [0.25, 0.3) is 0 Å². The fourth-order valence-corrected chi connectivity index (χ4v) is 1.12. The first-order valence-electron chi connectivity index (χ1n) is 5.75. The van der Waals surface area contributed by atoms with Crippen LogP contribution >= 0.6 is 0 Å². The van der Waals surface area contributed by atoms with E-state index >= 15 is 0 Å². The van der Waals surface area contributed by atoms with Crippen molar-refractivity contribution in [2.24, 2.45) is 0 Å². The van der Waals surface area contributed by atoms with Gasteiger partial charge in [-0.2, -0.15) is 0 Å². The van der Waals surface area contributed by atoms with E-state index in [9.17, 15) is 9.59 Å². The van der Waals surface area contributed by atoms with Crippen LogP contribution in [-0.4, -0.2) is 38.6 Å². The quantitative estimate of drug-likeness (QED) is 0.446. The lowest BCUT2D eigenvalue weighted by Crippen LogP contribution is -2.32. The highest BCUT2D eigenvalue weighted by molar-refractivity contribution is 5.96. The Kier molecular flexibility index (Phi) is 9.70. The predicted molar refractivity (Wildman–Crippen MR) is 62.0 cm³/mol. The van der Waals surface area contributed by atoms with Crippen molar-refractivity contribution in [3.8, 4) is 0 Å². The molecule has 0 aliphatic carbocycles. The zero-order valence-corrected chi connectivity index (χ0v) is 10.2. The fourth-order valence-electron chi connectivity index (χ4n) is 1.12. The summed E-state index contributed by atoms with van der Waals surface area (Å²) in [7, 11) is 1.51. The van der Waals surface area contributed by atoms with Crippen molar-refractivity contribution in [2.75, 3.05) is 26.8 Å². The molecule has 0 aliphatic rings. The summed E-state index contributed by atoms with van der Waals surface area (Å²) in [5.74, 6) is -0.544. The van der Waals surface area contributed by atoms with Gasteiger partial charge in [-0.15, -0.1) is 0 Å². The Morgan fingerprint density at radius 3 is 2.50 bits per heavy atom. The van der Waals surface area contributed by atoms with Gasteiger partial charge in [-0.05, 0) is 6.42 Å². The first-order chi connectivity index (χ1) is 7.70. The molecule has 0 atom stereocenters. The first kappa shape index (κ1) is 14.9. The van der Waals surface area contributed by atoms with E-state index in [2.05, 4.69) is 17.6 Å². The van der Waals surface area contributed by atoms with Crippen molar-refractivity contribution in [1.82, 2.24) is 10.6 Å². The highest BCUT2D eigenvalue weighted by Crippen LogP contribution is 1.93. The van der Waals surface area contributed by atoms with Gasteiger partial charge in [0.05, 0.1) is 6.61 Å². The van der Waals surface area contributed by atoms with Crippen LogP contribution in [0, 0.1) is 0 Å². The third kappa shape index (κ3) is 9.45. The van der Waals surface area contributed by atoms with Crippen LogP contribution in [0.4, 0.5) is 0 Å². The smallest absolute Gasteiger partial charge is 0.229 e. The number of nitrogens with one attached hydrogen (secondary N) is 2. The van der Waals surface area contributed by atoms with Gasteiger partial charge in [0.1, 0.15) is 6.42 Å². The number of rotatable bonds is 9. The van der Waals surface area contributed by atoms with E-state index in [1.807, 2.05) is 0 Å². The predicted octanol–water partition coefficient (Wildman–Crippen LogP) is 0.446. The molecule has 0 aromatic heterocycles. The third-order valence-electron chi connectivity index (χ3n) is 2.06. The third-order valence-corrected chi connectivity index (χ3v) is 2.06. The molecule has 0 heterocycles. The Bertz CT molecular complexity index is 207. The highest BCUT2D eigenvalue weighted by atomic mass is 16.5. The molecule has 0 saturated carbocycles. The van der Waals surface area contributed by atoms with Crippen molar-refractivity contribution in [3.05, 3.63) is 0 Å². The topological polar surface area (TPSA) is 67.4 Å². The van der Waals surface area contributed by atoms with Crippen LogP contribution in [0.15, 0.2) is 0 Å². The normalized spacial score (nSPS) is 9.88. The van der Waals surface area contributed by atoms with Crippen molar-refractivity contribution in [2.45, 2.75) is 32.6 Å². The van der Waals surface area contributed by atoms with E-state index in [4.69, 9.17) is 4.74 Å². The van der Waals surface area contributed by atoms with Crippen molar-refractivity contribution < 1.29 is 14.3 Å². The van der Waals surface area contributed by atoms with E-state index in [1.165, 1.54) is 19.9 Å². The summed E-state index contributed by atoms with van der Waals surface area (Å²) < 4.78 is 5.30. The summed E-state index contributed by atoms with van der Waals surface area (Å²) in [6.45, 7) is 3.84. The molecule has 0 bridgehead atoms. The Hall–Kier alpha value is -1.10. The minimum atomic E-state index is -0.277. The minimum absolute atomic E-state index is 0.119. The standard InChI is InChI=1S/C11H22N2O3/c1-3-4-5-7-16-8-6-13-11(15)9-10(14)12-2/h3-9H2,1-2H3,(H,12,14)(H,13,15). The Labute approximate surface area is 96.9 Å². The second kappa shape index (κ2) is 10.4. The molecule has 0 unspecified atom stereocenters. The van der Waals surface area contributed by atoms with Gasteiger partial charge in [0.15, 0.2) is 0 Å². The van der Waals surface area contributed by atoms with Gasteiger partial charge < -0.3 is 15.4 Å². The van der Waals surface area contributed by atoms with Crippen LogP contribution in [-0.2, 0) is 14.3 Å². The number of ether oxygens (including phenoxy) is 1. The summed E-state index contributed by atoms with van der Waals surface area (Å²) in [5, 5.41) is 5.00. The molecule has 0 fully saturated rings. The molecular formula is C11H22N2O3. The van der Waals surface area contributed by atoms with Gasteiger partial charge in [0.2, 0.25) is 11.8 Å². The largest absolute Gasteiger partial charge is 0.380 e. The summed E-state index contributed by atoms with van der Waals surface area (Å²) in [4.78, 5) is 21.9. The van der Waals surface area contributed by atoms with E-state index in [1.54, 1.807) is 0 Å². The van der Waals surface area contributed by atoms with Crippen LogP contribution in [0.5, 0.6) is 0 Å². The molecule has 0 aliphatic heterocycles. The molecule has 2 amide bonds. The summed E-state index contributed by atoms with van der Waals surface area (Å²) >= 11 is 0. The second-order valence-corrected chi connectivity index (χ2v) is 3.52. The van der Waals surface area contributed by atoms with Gasteiger partial charge in [0.25, 0.3) is 0 Å². The number of unbranched alkanes of at least 4 members (excludes halogenated alkanes) is 2. The van der Waals surface area contributed by atoms with Crippen LogP contribution in [0.3, 0.4) is 0 Å². The minimum Gasteiger partial charge on any atom is -0.380 e. The molecular weight excluding hydrogens is 208 g/mol.